The fourth-order valence-corrected chi connectivity index (χ4v) is 1.22. The van der Waals surface area contributed by atoms with Gasteiger partial charge in [0.1, 0.15) is 0 Å². The highest BCUT2D eigenvalue weighted by Crippen LogP contribution is 2.17. The van der Waals surface area contributed by atoms with Crippen LogP contribution in [0, 0.1) is 4.91 Å². The van der Waals surface area contributed by atoms with Crippen LogP contribution in [-0.2, 0) is 4.79 Å². The molecule has 5 nitrogen and oxygen atoms in total. The zero-order valence-electron chi connectivity index (χ0n) is 8.68. The van der Waals surface area contributed by atoms with Crippen LogP contribution < -0.4 is 5.43 Å². The van der Waals surface area contributed by atoms with E-state index in [2.05, 4.69) is 10.7 Å². The second kappa shape index (κ2) is 5.09. The van der Waals surface area contributed by atoms with Crippen molar-refractivity contribution in [2.75, 3.05) is 0 Å². The molecule has 0 aliphatic carbocycles. The fraction of sp³-hybridized carbons (Fsp3) is 0.300. The summed E-state index contributed by atoms with van der Waals surface area (Å²) in [5.41, 5.74) is 3.25. The zero-order chi connectivity index (χ0) is 11.3. The van der Waals surface area contributed by atoms with Gasteiger partial charge in [0, 0.05) is 6.92 Å². The minimum absolute atomic E-state index is 0.285. The van der Waals surface area contributed by atoms with Gasteiger partial charge in [-0.1, -0.05) is 30.3 Å². The van der Waals surface area contributed by atoms with Crippen LogP contribution in [-0.4, -0.2) is 11.0 Å². The van der Waals surface area contributed by atoms with Crippen molar-refractivity contribution in [1.82, 2.24) is 10.5 Å². The molecule has 80 valence electrons. The molecule has 0 fully saturated rings. The summed E-state index contributed by atoms with van der Waals surface area (Å²) in [6, 6.07) is 9.06. The summed E-state index contributed by atoms with van der Waals surface area (Å²) >= 11 is 0. The Morgan fingerprint density at radius 2 is 2.00 bits per heavy atom. The number of carbonyl (C=O) groups is 1. The smallest absolute Gasteiger partial charge is 0.236 e. The summed E-state index contributed by atoms with van der Waals surface area (Å²) < 4.78 is 0. The SMILES string of the molecule is CC(=O)NN(N=O)C(C)c1ccccc1. The molecular weight excluding hydrogens is 194 g/mol. The Bertz CT molecular complexity index is 340. The molecule has 1 N–H and O–H groups in total. The third-order valence-corrected chi connectivity index (χ3v) is 2.01. The van der Waals surface area contributed by atoms with E-state index in [1.807, 2.05) is 30.3 Å². The summed E-state index contributed by atoms with van der Waals surface area (Å²) in [4.78, 5) is 21.3. The number of amides is 1. The van der Waals surface area contributed by atoms with Crippen molar-refractivity contribution in [2.45, 2.75) is 19.9 Å². The van der Waals surface area contributed by atoms with E-state index < -0.39 is 0 Å². The Hall–Kier alpha value is -1.91. The van der Waals surface area contributed by atoms with Crippen LogP contribution in [0.4, 0.5) is 0 Å². The Morgan fingerprint density at radius 1 is 1.40 bits per heavy atom. The molecule has 0 spiro atoms. The van der Waals surface area contributed by atoms with Crippen LogP contribution >= 0.6 is 0 Å². The predicted octanol–water partition coefficient (Wildman–Crippen LogP) is 1.78. The van der Waals surface area contributed by atoms with Gasteiger partial charge in [0.2, 0.25) is 5.91 Å². The third kappa shape index (κ3) is 3.05. The first-order chi connectivity index (χ1) is 7.15. The van der Waals surface area contributed by atoms with Crippen LogP contribution in [0.1, 0.15) is 25.5 Å². The highest BCUT2D eigenvalue weighted by atomic mass is 16.3. The Kier molecular flexibility index (Phi) is 3.79. The summed E-state index contributed by atoms with van der Waals surface area (Å²) in [6.45, 7) is 3.11. The van der Waals surface area contributed by atoms with E-state index in [9.17, 15) is 9.70 Å². The molecule has 0 aliphatic rings. The number of hydrogen-bond acceptors (Lipinski definition) is 3. The van der Waals surface area contributed by atoms with Gasteiger partial charge < -0.3 is 0 Å². The van der Waals surface area contributed by atoms with Crippen LogP contribution in [0.5, 0.6) is 0 Å². The number of benzene rings is 1. The Labute approximate surface area is 88.0 Å². The topological polar surface area (TPSA) is 61.8 Å². The molecule has 0 radical (unpaired) electrons. The van der Waals surface area contributed by atoms with Crippen LogP contribution in [0.2, 0.25) is 0 Å². The maximum absolute atomic E-state index is 10.8. The highest BCUT2D eigenvalue weighted by Gasteiger charge is 2.15. The van der Waals surface area contributed by atoms with E-state index in [1.54, 1.807) is 6.92 Å². The number of rotatable bonds is 4. The normalized spacial score (nSPS) is 11.6. The molecule has 0 saturated heterocycles. The average molecular weight is 207 g/mol. The van der Waals surface area contributed by atoms with Crippen LogP contribution in [0.25, 0.3) is 0 Å². The van der Waals surface area contributed by atoms with Crippen molar-refractivity contribution in [3.05, 3.63) is 40.8 Å². The maximum Gasteiger partial charge on any atom is 0.236 e. The number of nitrogens with zero attached hydrogens (tertiary/aromatic N) is 2. The zero-order valence-corrected chi connectivity index (χ0v) is 8.68. The molecule has 0 heterocycles. The summed E-state index contributed by atoms with van der Waals surface area (Å²) in [5.74, 6) is -0.322. The molecule has 1 rings (SSSR count). The first-order valence-corrected chi connectivity index (χ1v) is 4.60. The molecule has 1 unspecified atom stereocenters. The quantitative estimate of drug-likeness (QED) is 0.604. The molecule has 0 bridgehead atoms. The van der Waals surface area contributed by atoms with Crippen molar-refractivity contribution in [2.24, 2.45) is 5.29 Å². The molecule has 0 aromatic heterocycles. The van der Waals surface area contributed by atoms with Crippen molar-refractivity contribution in [1.29, 1.82) is 0 Å². The second-order valence-electron chi connectivity index (χ2n) is 3.18. The lowest BCUT2D eigenvalue weighted by Gasteiger charge is -2.22. The van der Waals surface area contributed by atoms with Crippen LogP contribution in [0.15, 0.2) is 35.6 Å². The highest BCUT2D eigenvalue weighted by molar-refractivity contribution is 5.72. The minimum Gasteiger partial charge on any atom is -0.274 e. The lowest BCUT2D eigenvalue weighted by Crippen LogP contribution is -2.38. The standard InChI is InChI=1S/C10H13N3O2/c1-8(10-6-4-3-5-7-10)13(12-15)11-9(2)14/h3-8H,1-2H3,(H,11,14). The van der Waals surface area contributed by atoms with Gasteiger partial charge >= 0.3 is 0 Å². The van der Waals surface area contributed by atoms with E-state index in [4.69, 9.17) is 0 Å². The summed E-state index contributed by atoms with van der Waals surface area (Å²) in [6.07, 6.45) is 0. The van der Waals surface area contributed by atoms with E-state index in [-0.39, 0.29) is 11.9 Å². The van der Waals surface area contributed by atoms with Gasteiger partial charge in [-0.15, -0.1) is 4.91 Å². The number of nitrogens with one attached hydrogen (secondary N) is 1. The monoisotopic (exact) mass is 207 g/mol. The molecule has 1 aromatic rings. The molecule has 0 saturated carbocycles. The van der Waals surface area contributed by atoms with Gasteiger partial charge in [-0.3, -0.25) is 4.79 Å². The van der Waals surface area contributed by atoms with Gasteiger partial charge in [0.25, 0.3) is 0 Å². The van der Waals surface area contributed by atoms with E-state index in [0.717, 1.165) is 10.7 Å². The first-order valence-electron chi connectivity index (χ1n) is 4.60. The minimum atomic E-state index is -0.322. The van der Waals surface area contributed by atoms with Crippen molar-refractivity contribution < 1.29 is 4.79 Å². The number of hydrazine groups is 1. The lowest BCUT2D eigenvalue weighted by molar-refractivity contribution is -0.124. The van der Waals surface area contributed by atoms with E-state index >= 15 is 0 Å². The van der Waals surface area contributed by atoms with Crippen molar-refractivity contribution in [3.63, 3.8) is 0 Å². The lowest BCUT2D eigenvalue weighted by atomic mass is 10.1. The largest absolute Gasteiger partial charge is 0.274 e. The van der Waals surface area contributed by atoms with Gasteiger partial charge in [-0.05, 0) is 12.5 Å². The second-order valence-corrected chi connectivity index (χ2v) is 3.18. The average Bonchev–Trinajstić information content (AvgIpc) is 2.26. The molecule has 1 atom stereocenters. The molecule has 5 heteroatoms. The number of hydrogen-bond donors (Lipinski definition) is 1. The number of carbonyl (C=O) groups excluding carboxylic acids is 1. The maximum atomic E-state index is 10.8. The van der Waals surface area contributed by atoms with Gasteiger partial charge in [-0.2, -0.15) is 5.12 Å². The van der Waals surface area contributed by atoms with E-state index in [1.165, 1.54) is 6.92 Å². The predicted molar refractivity (Wildman–Crippen MR) is 56.3 cm³/mol. The summed E-state index contributed by atoms with van der Waals surface area (Å²) in [7, 11) is 0. The van der Waals surface area contributed by atoms with Gasteiger partial charge in [0.15, 0.2) is 0 Å². The molecule has 15 heavy (non-hydrogen) atoms. The molecule has 0 aliphatic heterocycles. The van der Waals surface area contributed by atoms with E-state index in [0.29, 0.717) is 0 Å². The molecule has 1 amide bonds. The fourth-order valence-electron chi connectivity index (χ4n) is 1.22. The Balaban J connectivity index is 2.77. The molecule has 1 aromatic carbocycles. The van der Waals surface area contributed by atoms with Crippen molar-refractivity contribution in [3.8, 4) is 0 Å². The first kappa shape index (κ1) is 11.2. The number of nitroso groups, excluding NO2 is 1. The molecular formula is C10H13N3O2. The van der Waals surface area contributed by atoms with Crippen LogP contribution in [0.3, 0.4) is 0 Å². The Morgan fingerprint density at radius 3 is 2.47 bits per heavy atom. The van der Waals surface area contributed by atoms with Gasteiger partial charge in [0.05, 0.1) is 11.3 Å². The summed E-state index contributed by atoms with van der Waals surface area (Å²) in [5, 5.41) is 3.75. The third-order valence-electron chi connectivity index (χ3n) is 2.01. The van der Waals surface area contributed by atoms with Crippen molar-refractivity contribution >= 4 is 5.91 Å². The van der Waals surface area contributed by atoms with Gasteiger partial charge in [-0.25, -0.2) is 5.43 Å².